The van der Waals surface area contributed by atoms with Crippen LogP contribution in [0.1, 0.15) is 38.5 Å². The SMILES string of the molecule is O=C(O)C[C@H]1CC[C@H](Oc2nc3nc(-c4ccc(-c5ccc(-c6ncn(CCN7CCC7)n6)cc5)cc4)c(Cl)cc3[nH]2)CC1. The van der Waals surface area contributed by atoms with Gasteiger partial charge in [-0.25, -0.2) is 9.97 Å². The first kappa shape index (κ1) is 28.5. The molecule has 3 aromatic heterocycles. The van der Waals surface area contributed by atoms with Gasteiger partial charge in [0.15, 0.2) is 11.5 Å². The maximum absolute atomic E-state index is 11.0. The molecule has 0 radical (unpaired) electrons. The quantitative estimate of drug-likeness (QED) is 0.188. The largest absolute Gasteiger partial charge is 0.481 e. The first-order valence-corrected chi connectivity index (χ1v) is 15.6. The highest BCUT2D eigenvalue weighted by Gasteiger charge is 2.25. The normalized spacial score (nSPS) is 18.8. The number of nitrogens with zero attached hydrogens (tertiary/aromatic N) is 6. The molecular formula is C33H34ClN7O3. The number of likely N-dealkylation sites (tertiary alicyclic amines) is 1. The van der Waals surface area contributed by atoms with E-state index in [-0.39, 0.29) is 18.4 Å². The number of carboxylic acids is 1. The van der Waals surface area contributed by atoms with Gasteiger partial charge >= 0.3 is 5.97 Å². The van der Waals surface area contributed by atoms with Crippen LogP contribution >= 0.6 is 11.6 Å². The first-order valence-electron chi connectivity index (χ1n) is 15.2. The van der Waals surface area contributed by atoms with Gasteiger partial charge in [0.05, 0.1) is 22.8 Å². The fourth-order valence-corrected chi connectivity index (χ4v) is 6.29. The van der Waals surface area contributed by atoms with Gasteiger partial charge in [0, 0.05) is 24.1 Å². The highest BCUT2D eigenvalue weighted by Crippen LogP contribution is 2.33. The lowest BCUT2D eigenvalue weighted by molar-refractivity contribution is -0.138. The number of halogens is 1. The van der Waals surface area contributed by atoms with Crippen molar-refractivity contribution in [2.24, 2.45) is 5.92 Å². The molecule has 2 aromatic carbocycles. The van der Waals surface area contributed by atoms with Crippen molar-refractivity contribution in [1.82, 2.24) is 34.6 Å². The monoisotopic (exact) mass is 611 g/mol. The molecule has 1 aliphatic carbocycles. The predicted molar refractivity (Wildman–Crippen MR) is 168 cm³/mol. The Kier molecular flexibility index (Phi) is 8.01. The number of hydrogen-bond acceptors (Lipinski definition) is 7. The molecule has 4 heterocycles. The molecule has 1 aliphatic heterocycles. The van der Waals surface area contributed by atoms with Crippen LogP contribution in [0, 0.1) is 5.92 Å². The summed E-state index contributed by atoms with van der Waals surface area (Å²) in [5, 5.41) is 14.2. The lowest BCUT2D eigenvalue weighted by atomic mass is 9.85. The zero-order chi connectivity index (χ0) is 30.0. The average Bonchev–Trinajstić information content (AvgIpc) is 3.63. The van der Waals surface area contributed by atoms with Gasteiger partial charge in [-0.1, -0.05) is 60.1 Å². The van der Waals surface area contributed by atoms with Gasteiger partial charge in [0.25, 0.3) is 6.01 Å². The molecule has 5 aromatic rings. The Bertz CT molecular complexity index is 1750. The number of fused-ring (bicyclic) bond motifs is 1. The third kappa shape index (κ3) is 6.32. The molecular weight excluding hydrogens is 578 g/mol. The molecule has 7 rings (SSSR count). The molecule has 0 spiro atoms. The van der Waals surface area contributed by atoms with E-state index in [4.69, 9.17) is 26.4 Å². The van der Waals surface area contributed by atoms with Gasteiger partial charge < -0.3 is 19.7 Å². The molecule has 1 saturated carbocycles. The second-order valence-electron chi connectivity index (χ2n) is 11.8. The molecule has 0 atom stereocenters. The standard InChI is InChI=1S/C33H34ClN7O3/c34-27-19-28-32(38-33(36-28)44-26-12-2-21(3-13-26)18-29(42)43)37-30(27)24-8-4-22(5-9-24)23-6-10-25(11-7-23)31-35-20-41(39-31)17-16-40-14-1-15-40/h4-11,19-21,26H,1-3,12-18H2,(H,42,43)(H,36,37,38)/t21-,26-. The number of benzene rings is 2. The third-order valence-electron chi connectivity index (χ3n) is 8.71. The second-order valence-corrected chi connectivity index (χ2v) is 12.2. The van der Waals surface area contributed by atoms with Gasteiger partial charge in [0.2, 0.25) is 0 Å². The minimum absolute atomic E-state index is 0.00528. The predicted octanol–water partition coefficient (Wildman–Crippen LogP) is 6.32. The summed E-state index contributed by atoms with van der Waals surface area (Å²) < 4.78 is 8.02. The topological polar surface area (TPSA) is 122 Å². The molecule has 10 nitrogen and oxygen atoms in total. The number of nitrogens with one attached hydrogen (secondary N) is 1. The molecule has 0 unspecified atom stereocenters. The Labute approximate surface area is 260 Å². The maximum Gasteiger partial charge on any atom is 0.303 e. The van der Waals surface area contributed by atoms with E-state index >= 15 is 0 Å². The number of hydrogen-bond donors (Lipinski definition) is 2. The third-order valence-corrected chi connectivity index (χ3v) is 8.99. The Morgan fingerprint density at radius 2 is 1.61 bits per heavy atom. The number of ether oxygens (including phenoxy) is 1. The van der Waals surface area contributed by atoms with Crippen molar-refractivity contribution >= 4 is 28.7 Å². The van der Waals surface area contributed by atoms with Crippen molar-refractivity contribution in [2.45, 2.75) is 51.2 Å². The average molecular weight is 612 g/mol. The number of aromatic amines is 1. The summed E-state index contributed by atoms with van der Waals surface area (Å²) >= 11 is 6.66. The number of carboxylic acid groups (broad SMARTS) is 1. The molecule has 11 heteroatoms. The Hall–Kier alpha value is -4.28. The Morgan fingerprint density at radius 1 is 0.932 bits per heavy atom. The van der Waals surface area contributed by atoms with Crippen molar-refractivity contribution in [3.8, 4) is 39.8 Å². The molecule has 0 bridgehead atoms. The van der Waals surface area contributed by atoms with Crippen molar-refractivity contribution in [3.63, 3.8) is 0 Å². The molecule has 226 valence electrons. The number of rotatable bonds is 10. The fraction of sp³-hybridized carbons (Fsp3) is 0.364. The summed E-state index contributed by atoms with van der Waals surface area (Å²) in [5.74, 6) is 0.218. The van der Waals surface area contributed by atoms with E-state index in [0.717, 1.165) is 66.9 Å². The van der Waals surface area contributed by atoms with Gasteiger partial charge in [-0.3, -0.25) is 9.48 Å². The van der Waals surface area contributed by atoms with E-state index < -0.39 is 5.97 Å². The lowest BCUT2D eigenvalue weighted by Gasteiger charge is -2.30. The van der Waals surface area contributed by atoms with E-state index in [0.29, 0.717) is 27.9 Å². The zero-order valence-corrected chi connectivity index (χ0v) is 25.1. The number of imidazole rings is 1. The van der Waals surface area contributed by atoms with Crippen LogP contribution in [-0.4, -0.2) is 71.4 Å². The van der Waals surface area contributed by atoms with Crippen LogP contribution in [-0.2, 0) is 11.3 Å². The van der Waals surface area contributed by atoms with Crippen molar-refractivity contribution in [2.75, 3.05) is 19.6 Å². The second kappa shape index (κ2) is 12.4. The highest BCUT2D eigenvalue weighted by atomic mass is 35.5. The number of aromatic nitrogens is 6. The van der Waals surface area contributed by atoms with Gasteiger partial charge in [-0.2, -0.15) is 10.1 Å². The Balaban J connectivity index is 1.00. The van der Waals surface area contributed by atoms with Crippen molar-refractivity contribution < 1.29 is 14.6 Å². The summed E-state index contributed by atoms with van der Waals surface area (Å²) in [5.41, 5.74) is 5.97. The number of aliphatic carboxylic acids is 1. The van der Waals surface area contributed by atoms with Gasteiger partial charge in [0.1, 0.15) is 12.4 Å². The molecule has 0 amide bonds. The van der Waals surface area contributed by atoms with Crippen molar-refractivity contribution in [1.29, 1.82) is 0 Å². The molecule has 44 heavy (non-hydrogen) atoms. The fourth-order valence-electron chi connectivity index (χ4n) is 6.03. The van der Waals surface area contributed by atoms with Crippen LogP contribution < -0.4 is 4.74 Å². The number of pyridine rings is 1. The minimum atomic E-state index is -0.737. The summed E-state index contributed by atoms with van der Waals surface area (Å²) in [7, 11) is 0. The van der Waals surface area contributed by atoms with E-state index in [2.05, 4.69) is 61.3 Å². The molecule has 2 fully saturated rings. The van der Waals surface area contributed by atoms with Gasteiger partial charge in [-0.15, -0.1) is 0 Å². The molecule has 2 N–H and O–H groups in total. The maximum atomic E-state index is 11.0. The Morgan fingerprint density at radius 3 is 2.27 bits per heavy atom. The van der Waals surface area contributed by atoms with E-state index in [1.165, 1.54) is 19.5 Å². The van der Waals surface area contributed by atoms with Crippen LogP contribution in [0.25, 0.3) is 44.9 Å². The molecule has 1 saturated heterocycles. The van der Waals surface area contributed by atoms with Crippen molar-refractivity contribution in [3.05, 3.63) is 65.9 Å². The summed E-state index contributed by atoms with van der Waals surface area (Å²) in [6.07, 6.45) is 6.63. The van der Waals surface area contributed by atoms with Crippen LogP contribution in [0.5, 0.6) is 6.01 Å². The molecule has 2 aliphatic rings. The van der Waals surface area contributed by atoms with Crippen LogP contribution in [0.4, 0.5) is 0 Å². The van der Waals surface area contributed by atoms with Crippen LogP contribution in [0.2, 0.25) is 5.02 Å². The van der Waals surface area contributed by atoms with Crippen LogP contribution in [0.3, 0.4) is 0 Å². The summed E-state index contributed by atoms with van der Waals surface area (Å²) in [4.78, 5) is 30.4. The number of carbonyl (C=O) groups is 1. The highest BCUT2D eigenvalue weighted by molar-refractivity contribution is 6.33. The first-order chi connectivity index (χ1) is 21.5. The van der Waals surface area contributed by atoms with E-state index in [9.17, 15) is 4.79 Å². The van der Waals surface area contributed by atoms with Gasteiger partial charge in [-0.05, 0) is 68.3 Å². The summed E-state index contributed by atoms with van der Waals surface area (Å²) in [6, 6.07) is 18.7. The van der Waals surface area contributed by atoms with E-state index in [1.54, 1.807) is 0 Å². The zero-order valence-electron chi connectivity index (χ0n) is 24.3. The number of H-pyrrole nitrogens is 1. The summed E-state index contributed by atoms with van der Waals surface area (Å²) in [6.45, 7) is 4.25. The van der Waals surface area contributed by atoms with E-state index in [1.807, 2.05) is 29.2 Å². The minimum Gasteiger partial charge on any atom is -0.481 e. The lowest BCUT2D eigenvalue weighted by Crippen LogP contribution is -2.39. The smallest absolute Gasteiger partial charge is 0.303 e. The van der Waals surface area contributed by atoms with Crippen LogP contribution in [0.15, 0.2) is 60.9 Å².